The van der Waals surface area contributed by atoms with E-state index in [1.165, 1.54) is 17.3 Å². The third kappa shape index (κ3) is 3.30. The van der Waals surface area contributed by atoms with E-state index < -0.39 is 29.0 Å². The zero-order chi connectivity index (χ0) is 18.7. The van der Waals surface area contributed by atoms with Gasteiger partial charge in [-0.3, -0.25) is 0 Å². The van der Waals surface area contributed by atoms with Crippen molar-refractivity contribution in [3.63, 3.8) is 0 Å². The number of hydrogen-bond donors (Lipinski definition) is 1. The molecule has 0 spiro atoms. The molecule has 6 nitrogen and oxygen atoms in total. The molecule has 0 aliphatic rings. The average molecular weight is 363 g/mol. The highest BCUT2D eigenvalue weighted by molar-refractivity contribution is 5.30. The van der Waals surface area contributed by atoms with Gasteiger partial charge in [0.25, 0.3) is 0 Å². The second kappa shape index (κ2) is 7.20. The molecule has 3 rings (SSSR count). The molecule has 136 valence electrons. The maximum Gasteiger partial charge on any atom is 0.163 e. The molecule has 1 N–H and O–H groups in total. The van der Waals surface area contributed by atoms with Crippen molar-refractivity contribution in [3.05, 3.63) is 72.1 Å². The SMILES string of the molecule is CC[C@H](c1ncncc1F)C(O)(Cn1cncn1)c1ccc(F)cc1F. The fraction of sp³-hybridized carbons (Fsp3) is 0.294. The molecule has 0 aliphatic carbocycles. The first-order valence-corrected chi connectivity index (χ1v) is 7.91. The Hall–Kier alpha value is -2.81. The van der Waals surface area contributed by atoms with Crippen LogP contribution in [0.15, 0.2) is 43.4 Å². The van der Waals surface area contributed by atoms with Crippen molar-refractivity contribution >= 4 is 0 Å². The summed E-state index contributed by atoms with van der Waals surface area (Å²) in [5.41, 5.74) is -2.19. The second-order valence-electron chi connectivity index (χ2n) is 5.86. The highest BCUT2D eigenvalue weighted by atomic mass is 19.1. The van der Waals surface area contributed by atoms with Gasteiger partial charge in [-0.1, -0.05) is 13.0 Å². The van der Waals surface area contributed by atoms with Gasteiger partial charge in [0.2, 0.25) is 0 Å². The first-order valence-electron chi connectivity index (χ1n) is 7.91. The summed E-state index contributed by atoms with van der Waals surface area (Å²) in [7, 11) is 0. The number of halogens is 3. The van der Waals surface area contributed by atoms with E-state index in [0.29, 0.717) is 6.07 Å². The van der Waals surface area contributed by atoms with E-state index in [2.05, 4.69) is 20.1 Å². The van der Waals surface area contributed by atoms with E-state index in [-0.39, 0.29) is 24.2 Å². The highest BCUT2D eigenvalue weighted by Gasteiger charge is 2.43. The Labute approximate surface area is 147 Å². The summed E-state index contributed by atoms with van der Waals surface area (Å²) in [6, 6.07) is 2.85. The molecule has 1 aromatic carbocycles. The van der Waals surface area contributed by atoms with Gasteiger partial charge >= 0.3 is 0 Å². The Balaban J connectivity index is 2.17. The summed E-state index contributed by atoms with van der Waals surface area (Å²) < 4.78 is 43.5. The predicted octanol–water partition coefficient (Wildman–Crippen LogP) is 2.57. The van der Waals surface area contributed by atoms with Crippen LogP contribution in [0.4, 0.5) is 13.2 Å². The van der Waals surface area contributed by atoms with E-state index in [1.807, 2.05) is 0 Å². The van der Waals surface area contributed by atoms with Gasteiger partial charge in [-0.05, 0) is 12.5 Å². The van der Waals surface area contributed by atoms with Crippen LogP contribution in [0.5, 0.6) is 0 Å². The monoisotopic (exact) mass is 363 g/mol. The van der Waals surface area contributed by atoms with Crippen molar-refractivity contribution in [1.82, 2.24) is 24.7 Å². The van der Waals surface area contributed by atoms with E-state index in [9.17, 15) is 18.3 Å². The number of hydrogen-bond acceptors (Lipinski definition) is 5. The smallest absolute Gasteiger partial charge is 0.163 e. The molecule has 0 amide bonds. The molecule has 26 heavy (non-hydrogen) atoms. The normalized spacial score (nSPS) is 14.8. The number of nitrogens with zero attached hydrogens (tertiary/aromatic N) is 5. The molecule has 0 aliphatic heterocycles. The van der Waals surface area contributed by atoms with Crippen molar-refractivity contribution in [1.29, 1.82) is 0 Å². The minimum Gasteiger partial charge on any atom is -0.382 e. The molecule has 1 unspecified atom stereocenters. The standard InChI is InChI=1S/C17H16F3N5O/c1-2-12(16-15(20)6-21-8-23-16)17(26,7-25-10-22-9-24-25)13-4-3-11(18)5-14(13)19/h3-6,8-10,12,26H,2,7H2,1H3/t12-,17?/m1/s1. The van der Waals surface area contributed by atoms with Crippen LogP contribution in [0.1, 0.15) is 30.5 Å². The zero-order valence-electron chi connectivity index (χ0n) is 13.9. The lowest BCUT2D eigenvalue weighted by molar-refractivity contribution is -0.0199. The third-order valence-corrected chi connectivity index (χ3v) is 4.28. The first-order chi connectivity index (χ1) is 12.5. The Bertz CT molecular complexity index is 890. The van der Waals surface area contributed by atoms with Crippen molar-refractivity contribution < 1.29 is 18.3 Å². The summed E-state index contributed by atoms with van der Waals surface area (Å²) >= 11 is 0. The molecule has 2 atom stereocenters. The average Bonchev–Trinajstić information content (AvgIpc) is 3.09. The van der Waals surface area contributed by atoms with Gasteiger partial charge in [0.15, 0.2) is 5.82 Å². The summed E-state index contributed by atoms with van der Waals surface area (Å²) in [5, 5.41) is 15.4. The fourth-order valence-electron chi connectivity index (χ4n) is 3.12. The highest BCUT2D eigenvalue weighted by Crippen LogP contribution is 2.41. The van der Waals surface area contributed by atoms with Gasteiger partial charge in [-0.15, -0.1) is 0 Å². The van der Waals surface area contributed by atoms with Gasteiger partial charge in [-0.25, -0.2) is 32.8 Å². The van der Waals surface area contributed by atoms with Crippen LogP contribution in [0, 0.1) is 17.5 Å². The topological polar surface area (TPSA) is 76.7 Å². The molecule has 0 saturated carbocycles. The van der Waals surface area contributed by atoms with E-state index >= 15 is 0 Å². The quantitative estimate of drug-likeness (QED) is 0.728. The lowest BCUT2D eigenvalue weighted by atomic mass is 9.77. The van der Waals surface area contributed by atoms with Crippen molar-refractivity contribution in [2.75, 3.05) is 0 Å². The van der Waals surface area contributed by atoms with Crippen LogP contribution in [0.25, 0.3) is 0 Å². The van der Waals surface area contributed by atoms with Crippen molar-refractivity contribution in [3.8, 4) is 0 Å². The van der Waals surface area contributed by atoms with Gasteiger partial charge in [0.05, 0.1) is 18.4 Å². The van der Waals surface area contributed by atoms with Crippen molar-refractivity contribution in [2.45, 2.75) is 31.4 Å². The van der Waals surface area contributed by atoms with Gasteiger partial charge < -0.3 is 5.11 Å². The molecule has 0 radical (unpaired) electrons. The lowest BCUT2D eigenvalue weighted by Crippen LogP contribution is -2.40. The molecule has 0 saturated heterocycles. The third-order valence-electron chi connectivity index (χ3n) is 4.28. The molecule has 2 aromatic heterocycles. The van der Waals surface area contributed by atoms with Crippen molar-refractivity contribution in [2.24, 2.45) is 0 Å². The minimum absolute atomic E-state index is 0.0613. The lowest BCUT2D eigenvalue weighted by Gasteiger charge is -2.36. The molecule has 0 bridgehead atoms. The van der Waals surface area contributed by atoms with Gasteiger partial charge in [0.1, 0.15) is 36.2 Å². The summed E-state index contributed by atoms with van der Waals surface area (Å²) in [6.07, 6.45) is 4.96. The van der Waals surface area contributed by atoms with Crippen LogP contribution < -0.4 is 0 Å². The Morgan fingerprint density at radius 2 is 1.96 bits per heavy atom. The fourth-order valence-corrected chi connectivity index (χ4v) is 3.12. The van der Waals surface area contributed by atoms with E-state index in [4.69, 9.17) is 0 Å². The molecule has 3 aromatic rings. The molecule has 2 heterocycles. The maximum atomic E-state index is 14.5. The van der Waals surface area contributed by atoms with Crippen LogP contribution in [-0.4, -0.2) is 29.8 Å². The summed E-state index contributed by atoms with van der Waals surface area (Å²) in [6.45, 7) is 1.48. The van der Waals surface area contributed by atoms with Crippen LogP contribution in [-0.2, 0) is 12.1 Å². The Morgan fingerprint density at radius 1 is 1.15 bits per heavy atom. The van der Waals surface area contributed by atoms with Gasteiger partial charge in [0, 0.05) is 17.5 Å². The number of aliphatic hydroxyl groups is 1. The second-order valence-corrected chi connectivity index (χ2v) is 5.86. The van der Waals surface area contributed by atoms with Gasteiger partial charge in [-0.2, -0.15) is 5.10 Å². The van der Waals surface area contributed by atoms with Crippen LogP contribution in [0.3, 0.4) is 0 Å². The summed E-state index contributed by atoms with van der Waals surface area (Å²) in [5.74, 6) is -3.38. The number of aromatic nitrogens is 5. The van der Waals surface area contributed by atoms with E-state index in [0.717, 1.165) is 24.7 Å². The molecule has 9 heteroatoms. The predicted molar refractivity (Wildman–Crippen MR) is 85.3 cm³/mol. The minimum atomic E-state index is -1.95. The van der Waals surface area contributed by atoms with Crippen LogP contribution in [0.2, 0.25) is 0 Å². The molecule has 0 fully saturated rings. The number of rotatable bonds is 6. The van der Waals surface area contributed by atoms with Crippen LogP contribution >= 0.6 is 0 Å². The molecular weight excluding hydrogens is 347 g/mol. The van der Waals surface area contributed by atoms with E-state index in [1.54, 1.807) is 6.92 Å². The number of benzene rings is 1. The zero-order valence-corrected chi connectivity index (χ0v) is 13.9. The summed E-state index contributed by atoms with van der Waals surface area (Å²) in [4.78, 5) is 11.3. The Morgan fingerprint density at radius 3 is 2.58 bits per heavy atom. The molecular formula is C17H16F3N5O. The largest absolute Gasteiger partial charge is 0.382 e. The maximum absolute atomic E-state index is 14.5. The Kier molecular flexibility index (Phi) is 4.99. The first kappa shape index (κ1) is 18.0.